The number of carboxylic acid groups (broad SMARTS) is 1. The van der Waals surface area contributed by atoms with Crippen LogP contribution in [0.3, 0.4) is 0 Å². The highest BCUT2D eigenvalue weighted by atomic mass is 79.9. The first kappa shape index (κ1) is 12.8. The number of hydrogen-bond acceptors (Lipinski definition) is 4. The highest BCUT2D eigenvalue weighted by Crippen LogP contribution is 2.23. The largest absolute Gasteiger partial charge is 0.549 e. The molecule has 1 aromatic rings. The molecule has 0 fully saturated rings. The Morgan fingerprint density at radius 2 is 1.72 bits per heavy atom. The summed E-state index contributed by atoms with van der Waals surface area (Å²) in [5.41, 5.74) is 0.726. The Morgan fingerprint density at radius 3 is 2.17 bits per heavy atom. The number of halogens is 1. The lowest BCUT2D eigenvalue weighted by Crippen LogP contribution is -2.37. The maximum atomic E-state index is 11.9. The molecule has 0 spiro atoms. The predicted octanol–water partition coefficient (Wildman–Crippen LogP) is 0.186. The Labute approximate surface area is 112 Å². The highest BCUT2D eigenvalue weighted by molar-refractivity contribution is 9.10. The zero-order valence-electron chi connectivity index (χ0n) is 9.26. The molecule has 0 bridgehead atoms. The standard InChI is InChI=1S/C12H10BrNO4/c13-9(12(17)18)5-6-14-10(15)7-3-1-2-4-8(7)11(14)16/h1-4,9H,5-6H2,(H,17,18)/p-1/t9-/m0/s1. The van der Waals surface area contributed by atoms with Crippen LogP contribution in [-0.2, 0) is 4.79 Å². The van der Waals surface area contributed by atoms with Crippen LogP contribution in [0.1, 0.15) is 27.1 Å². The van der Waals surface area contributed by atoms with Gasteiger partial charge in [0.15, 0.2) is 0 Å². The van der Waals surface area contributed by atoms with E-state index >= 15 is 0 Å². The number of aliphatic carboxylic acids is 1. The second-order valence-corrected chi connectivity index (χ2v) is 4.99. The molecule has 5 nitrogen and oxygen atoms in total. The maximum Gasteiger partial charge on any atom is 0.261 e. The van der Waals surface area contributed by atoms with Gasteiger partial charge in [0, 0.05) is 6.54 Å². The van der Waals surface area contributed by atoms with Crippen molar-refractivity contribution in [2.24, 2.45) is 0 Å². The van der Waals surface area contributed by atoms with Crippen molar-refractivity contribution < 1.29 is 19.5 Å². The van der Waals surface area contributed by atoms with E-state index in [-0.39, 0.29) is 24.8 Å². The number of nitrogens with zero attached hydrogens (tertiary/aromatic N) is 1. The van der Waals surface area contributed by atoms with Gasteiger partial charge in [0.25, 0.3) is 11.8 Å². The summed E-state index contributed by atoms with van der Waals surface area (Å²) in [5, 5.41) is 10.5. The van der Waals surface area contributed by atoms with Gasteiger partial charge in [0.05, 0.1) is 21.9 Å². The van der Waals surface area contributed by atoms with Crippen molar-refractivity contribution >= 4 is 33.7 Å². The highest BCUT2D eigenvalue weighted by Gasteiger charge is 2.34. The first-order valence-electron chi connectivity index (χ1n) is 5.32. The first-order valence-corrected chi connectivity index (χ1v) is 6.24. The molecule has 2 amide bonds. The summed E-state index contributed by atoms with van der Waals surface area (Å²) in [6.07, 6.45) is 0.119. The van der Waals surface area contributed by atoms with E-state index in [1.165, 1.54) is 0 Å². The van der Waals surface area contributed by atoms with Crippen LogP contribution in [0.25, 0.3) is 0 Å². The van der Waals surface area contributed by atoms with Crippen LogP contribution in [0, 0.1) is 0 Å². The summed E-state index contributed by atoms with van der Waals surface area (Å²) in [6, 6.07) is 6.53. The van der Waals surface area contributed by atoms with E-state index in [1.807, 2.05) is 0 Å². The molecule has 0 saturated heterocycles. The SMILES string of the molecule is O=C([O-])[C@@H](Br)CCN1C(=O)c2ccccc2C1=O. The van der Waals surface area contributed by atoms with E-state index in [9.17, 15) is 19.5 Å². The van der Waals surface area contributed by atoms with E-state index < -0.39 is 10.8 Å². The lowest BCUT2D eigenvalue weighted by molar-refractivity contribution is -0.304. The molecule has 0 N–H and O–H groups in total. The molecule has 1 aromatic carbocycles. The average Bonchev–Trinajstić information content (AvgIpc) is 2.60. The Morgan fingerprint density at radius 1 is 1.22 bits per heavy atom. The Kier molecular flexibility index (Phi) is 3.47. The van der Waals surface area contributed by atoms with Gasteiger partial charge in [-0.25, -0.2) is 0 Å². The minimum atomic E-state index is -1.26. The molecule has 0 radical (unpaired) electrons. The lowest BCUT2D eigenvalue weighted by atomic mass is 10.1. The van der Waals surface area contributed by atoms with Crippen molar-refractivity contribution in [2.45, 2.75) is 11.2 Å². The number of rotatable bonds is 4. The average molecular weight is 311 g/mol. The molecule has 6 heteroatoms. The summed E-state index contributed by atoms with van der Waals surface area (Å²) in [5.74, 6) is -2.02. The Balaban J connectivity index is 2.12. The lowest BCUT2D eigenvalue weighted by Gasteiger charge is -2.16. The molecule has 0 aromatic heterocycles. The molecular weight excluding hydrogens is 302 g/mol. The fraction of sp³-hybridized carbons (Fsp3) is 0.250. The number of benzene rings is 1. The number of imide groups is 1. The smallest absolute Gasteiger partial charge is 0.261 e. The third-order valence-corrected chi connectivity index (χ3v) is 3.57. The zero-order valence-corrected chi connectivity index (χ0v) is 10.8. The van der Waals surface area contributed by atoms with Crippen LogP contribution in [0.5, 0.6) is 0 Å². The summed E-state index contributed by atoms with van der Waals surface area (Å²) in [7, 11) is 0. The number of amides is 2. The van der Waals surface area contributed by atoms with Crippen molar-refractivity contribution in [3.63, 3.8) is 0 Å². The predicted molar refractivity (Wildman–Crippen MR) is 64.1 cm³/mol. The molecule has 1 aliphatic rings. The summed E-state index contributed by atoms with van der Waals surface area (Å²) < 4.78 is 0. The molecule has 94 valence electrons. The van der Waals surface area contributed by atoms with Crippen molar-refractivity contribution in [3.05, 3.63) is 35.4 Å². The topological polar surface area (TPSA) is 77.5 Å². The molecule has 0 aliphatic carbocycles. The Bertz CT molecular complexity index is 494. The second-order valence-electron chi connectivity index (χ2n) is 3.88. The van der Waals surface area contributed by atoms with Crippen LogP contribution >= 0.6 is 15.9 Å². The fourth-order valence-corrected chi connectivity index (χ4v) is 2.01. The van der Waals surface area contributed by atoms with Gasteiger partial charge in [-0.2, -0.15) is 0 Å². The van der Waals surface area contributed by atoms with Gasteiger partial charge in [-0.15, -0.1) is 0 Å². The Hall–Kier alpha value is -1.69. The maximum absolute atomic E-state index is 11.9. The number of carbonyl (C=O) groups is 3. The van der Waals surface area contributed by atoms with Crippen molar-refractivity contribution in [1.29, 1.82) is 0 Å². The molecule has 1 aliphatic heterocycles. The van der Waals surface area contributed by atoms with Gasteiger partial charge < -0.3 is 9.90 Å². The van der Waals surface area contributed by atoms with Crippen molar-refractivity contribution in [1.82, 2.24) is 4.90 Å². The van der Waals surface area contributed by atoms with Gasteiger partial charge in [-0.3, -0.25) is 14.5 Å². The first-order chi connectivity index (χ1) is 8.52. The molecule has 1 atom stereocenters. The third-order valence-electron chi connectivity index (χ3n) is 2.74. The van der Waals surface area contributed by atoms with Crippen molar-refractivity contribution in [2.75, 3.05) is 6.54 Å². The van der Waals surface area contributed by atoms with E-state index in [1.54, 1.807) is 24.3 Å². The molecular formula is C12H9BrNO4-. The monoisotopic (exact) mass is 310 g/mol. The minimum absolute atomic E-state index is 0.0518. The van der Waals surface area contributed by atoms with Gasteiger partial charge in [-0.1, -0.05) is 28.1 Å². The van der Waals surface area contributed by atoms with E-state index in [4.69, 9.17) is 0 Å². The normalized spacial score (nSPS) is 15.7. The van der Waals surface area contributed by atoms with E-state index in [0.717, 1.165) is 4.90 Å². The summed E-state index contributed by atoms with van der Waals surface area (Å²) in [6.45, 7) is 0.0518. The van der Waals surface area contributed by atoms with E-state index in [0.29, 0.717) is 11.1 Å². The third kappa shape index (κ3) is 2.15. The van der Waals surface area contributed by atoms with Gasteiger partial charge >= 0.3 is 0 Å². The van der Waals surface area contributed by atoms with Crippen LogP contribution in [0.2, 0.25) is 0 Å². The number of alkyl halides is 1. The van der Waals surface area contributed by atoms with Gasteiger partial charge in [-0.05, 0) is 18.6 Å². The van der Waals surface area contributed by atoms with Crippen LogP contribution in [0.4, 0.5) is 0 Å². The molecule has 0 unspecified atom stereocenters. The molecule has 18 heavy (non-hydrogen) atoms. The number of carboxylic acids is 1. The van der Waals surface area contributed by atoms with Crippen LogP contribution in [-0.4, -0.2) is 34.1 Å². The summed E-state index contributed by atoms with van der Waals surface area (Å²) in [4.78, 5) is 34.6. The zero-order chi connectivity index (χ0) is 13.3. The molecule has 0 saturated carbocycles. The minimum Gasteiger partial charge on any atom is -0.549 e. The quantitative estimate of drug-likeness (QED) is 0.587. The van der Waals surface area contributed by atoms with Crippen LogP contribution in [0.15, 0.2) is 24.3 Å². The number of hydrogen-bond donors (Lipinski definition) is 0. The molecule has 1 heterocycles. The van der Waals surface area contributed by atoms with Gasteiger partial charge in [0.2, 0.25) is 0 Å². The molecule has 2 rings (SSSR count). The van der Waals surface area contributed by atoms with Gasteiger partial charge in [0.1, 0.15) is 0 Å². The van der Waals surface area contributed by atoms with E-state index in [2.05, 4.69) is 15.9 Å². The second kappa shape index (κ2) is 4.89. The number of fused-ring (bicyclic) bond motifs is 1. The fourth-order valence-electron chi connectivity index (χ4n) is 1.80. The summed E-state index contributed by atoms with van der Waals surface area (Å²) >= 11 is 2.91. The van der Waals surface area contributed by atoms with Crippen molar-refractivity contribution in [3.8, 4) is 0 Å². The van der Waals surface area contributed by atoms with Crippen LogP contribution < -0.4 is 5.11 Å². The number of carbonyl (C=O) groups excluding carboxylic acids is 3.